The highest BCUT2D eigenvalue weighted by atomic mass is 32.2. The maximum absolute atomic E-state index is 11.9. The van der Waals surface area contributed by atoms with Gasteiger partial charge in [0, 0.05) is 18.7 Å². The Balaban J connectivity index is 2.54. The molecule has 0 aromatic rings. The Bertz CT molecular complexity index is 273. The van der Waals surface area contributed by atoms with Crippen LogP contribution in [0.25, 0.3) is 0 Å². The molecule has 0 bridgehead atoms. The van der Waals surface area contributed by atoms with Crippen molar-refractivity contribution in [2.24, 2.45) is 0 Å². The predicted octanol–water partition coefficient (Wildman–Crippen LogP) is 0.361. The van der Waals surface area contributed by atoms with Gasteiger partial charge in [0.25, 0.3) is 0 Å². The molecule has 1 fully saturated rings. The van der Waals surface area contributed by atoms with Crippen molar-refractivity contribution in [3.05, 3.63) is 0 Å². The molecule has 92 valence electrons. The Kier molecular flexibility index (Phi) is 5.08. The molecule has 0 aromatic heterocycles. The summed E-state index contributed by atoms with van der Waals surface area (Å²) in [4.78, 5) is 24.3. The minimum absolute atomic E-state index is 0.0322. The summed E-state index contributed by atoms with van der Waals surface area (Å²) in [5.74, 6) is -0.497. The monoisotopic (exact) mass is 246 g/mol. The van der Waals surface area contributed by atoms with Crippen LogP contribution in [0.15, 0.2) is 0 Å². The summed E-state index contributed by atoms with van der Waals surface area (Å²) >= 11 is 1.51. The fourth-order valence-corrected chi connectivity index (χ4v) is 2.90. The standard InChI is InChI=1S/C10H18N2O3S/c1-3-11-5-4-9(13)12-7(2)16-6-8(12)10(14)15/h7-8,11H,3-6H2,1-2H3,(H,14,15). The first kappa shape index (κ1) is 13.3. The Hall–Kier alpha value is -0.750. The van der Waals surface area contributed by atoms with Crippen LogP contribution in [0.3, 0.4) is 0 Å². The average molecular weight is 246 g/mol. The van der Waals surface area contributed by atoms with Crippen LogP contribution < -0.4 is 5.32 Å². The summed E-state index contributed by atoms with van der Waals surface area (Å²) in [5.41, 5.74) is 0. The van der Waals surface area contributed by atoms with Gasteiger partial charge in [0.15, 0.2) is 0 Å². The molecule has 2 atom stereocenters. The van der Waals surface area contributed by atoms with Crippen molar-refractivity contribution >= 4 is 23.6 Å². The van der Waals surface area contributed by atoms with Crippen LogP contribution >= 0.6 is 11.8 Å². The van der Waals surface area contributed by atoms with Gasteiger partial charge >= 0.3 is 5.97 Å². The van der Waals surface area contributed by atoms with Gasteiger partial charge in [-0.05, 0) is 13.5 Å². The predicted molar refractivity (Wildman–Crippen MR) is 63.4 cm³/mol. The summed E-state index contributed by atoms with van der Waals surface area (Å²) in [5, 5.41) is 12.0. The van der Waals surface area contributed by atoms with Crippen molar-refractivity contribution in [3.63, 3.8) is 0 Å². The molecule has 5 nitrogen and oxygen atoms in total. The molecule has 1 aliphatic rings. The third-order valence-corrected chi connectivity index (χ3v) is 3.78. The lowest BCUT2D eigenvalue weighted by molar-refractivity contribution is -0.148. The van der Waals surface area contributed by atoms with Gasteiger partial charge < -0.3 is 15.3 Å². The fourth-order valence-electron chi connectivity index (χ4n) is 1.71. The molecule has 6 heteroatoms. The van der Waals surface area contributed by atoms with Crippen LogP contribution in [0.1, 0.15) is 20.3 Å². The molecule has 0 aromatic carbocycles. The Morgan fingerprint density at radius 2 is 2.25 bits per heavy atom. The van der Waals surface area contributed by atoms with Gasteiger partial charge in [0.05, 0.1) is 5.37 Å². The minimum atomic E-state index is -0.909. The quantitative estimate of drug-likeness (QED) is 0.686. The average Bonchev–Trinajstić information content (AvgIpc) is 2.60. The summed E-state index contributed by atoms with van der Waals surface area (Å²) in [6, 6.07) is -0.658. The summed E-state index contributed by atoms with van der Waals surface area (Å²) in [6.45, 7) is 5.27. The zero-order valence-electron chi connectivity index (χ0n) is 9.60. The van der Waals surface area contributed by atoms with E-state index in [0.717, 1.165) is 6.54 Å². The maximum Gasteiger partial charge on any atom is 0.327 e. The maximum atomic E-state index is 11.9. The number of amides is 1. The second kappa shape index (κ2) is 6.10. The van der Waals surface area contributed by atoms with Crippen molar-refractivity contribution < 1.29 is 14.7 Å². The smallest absolute Gasteiger partial charge is 0.327 e. The van der Waals surface area contributed by atoms with Crippen LogP contribution in [0.5, 0.6) is 0 Å². The van der Waals surface area contributed by atoms with Gasteiger partial charge in [0.2, 0.25) is 5.91 Å². The number of rotatable bonds is 5. The molecule has 1 amide bonds. The summed E-state index contributed by atoms with van der Waals surface area (Å²) < 4.78 is 0. The third-order valence-electron chi connectivity index (χ3n) is 2.56. The number of carbonyl (C=O) groups is 2. The van der Waals surface area contributed by atoms with E-state index in [1.54, 1.807) is 0 Å². The lowest BCUT2D eigenvalue weighted by Gasteiger charge is -2.25. The van der Waals surface area contributed by atoms with Crippen LogP contribution in [-0.2, 0) is 9.59 Å². The van der Waals surface area contributed by atoms with E-state index in [1.165, 1.54) is 16.7 Å². The molecular formula is C10H18N2O3S. The molecule has 1 heterocycles. The first-order chi connectivity index (χ1) is 7.57. The third kappa shape index (κ3) is 3.12. The molecule has 0 radical (unpaired) electrons. The highest BCUT2D eigenvalue weighted by Gasteiger charge is 2.38. The van der Waals surface area contributed by atoms with E-state index in [1.807, 2.05) is 13.8 Å². The zero-order chi connectivity index (χ0) is 12.1. The van der Waals surface area contributed by atoms with Crippen LogP contribution in [0, 0.1) is 0 Å². The van der Waals surface area contributed by atoms with Gasteiger partial charge in [-0.1, -0.05) is 6.92 Å². The van der Waals surface area contributed by atoms with Gasteiger partial charge in [-0.3, -0.25) is 4.79 Å². The van der Waals surface area contributed by atoms with E-state index in [9.17, 15) is 9.59 Å². The number of carboxylic acids is 1. The second-order valence-electron chi connectivity index (χ2n) is 3.69. The topological polar surface area (TPSA) is 69.6 Å². The largest absolute Gasteiger partial charge is 0.480 e. The SMILES string of the molecule is CCNCCC(=O)N1C(C)SCC1C(=O)O. The van der Waals surface area contributed by atoms with Gasteiger partial charge in [-0.25, -0.2) is 4.79 Å². The Labute approximate surface area is 99.6 Å². The summed E-state index contributed by atoms with van der Waals surface area (Å²) in [7, 11) is 0. The number of hydrogen-bond acceptors (Lipinski definition) is 4. The molecule has 0 aliphatic carbocycles. The fraction of sp³-hybridized carbons (Fsp3) is 0.800. The molecule has 16 heavy (non-hydrogen) atoms. The van der Waals surface area contributed by atoms with E-state index in [-0.39, 0.29) is 11.3 Å². The van der Waals surface area contributed by atoms with Crippen LogP contribution in [0.2, 0.25) is 0 Å². The molecule has 1 rings (SSSR count). The molecule has 1 saturated heterocycles. The number of aliphatic carboxylic acids is 1. The van der Waals surface area contributed by atoms with E-state index in [4.69, 9.17) is 5.11 Å². The van der Waals surface area contributed by atoms with E-state index in [2.05, 4.69) is 5.32 Å². The molecule has 2 unspecified atom stereocenters. The number of nitrogens with one attached hydrogen (secondary N) is 1. The summed E-state index contributed by atoms with van der Waals surface area (Å²) in [6.07, 6.45) is 0.364. The van der Waals surface area contributed by atoms with Gasteiger partial charge in [-0.2, -0.15) is 0 Å². The molecule has 0 saturated carbocycles. The van der Waals surface area contributed by atoms with Crippen molar-refractivity contribution in [1.82, 2.24) is 10.2 Å². The highest BCUT2D eigenvalue weighted by Crippen LogP contribution is 2.29. The van der Waals surface area contributed by atoms with Crippen molar-refractivity contribution in [3.8, 4) is 0 Å². The lowest BCUT2D eigenvalue weighted by Crippen LogP contribution is -2.45. The highest BCUT2D eigenvalue weighted by molar-refractivity contribution is 8.00. The number of carboxylic acid groups (broad SMARTS) is 1. The lowest BCUT2D eigenvalue weighted by atomic mass is 10.2. The molecule has 0 spiro atoms. The molecule has 2 N–H and O–H groups in total. The zero-order valence-corrected chi connectivity index (χ0v) is 10.4. The number of hydrogen-bond donors (Lipinski definition) is 2. The number of thioether (sulfide) groups is 1. The van der Waals surface area contributed by atoms with Gasteiger partial charge in [0.1, 0.15) is 6.04 Å². The van der Waals surface area contributed by atoms with E-state index >= 15 is 0 Å². The van der Waals surface area contributed by atoms with Crippen molar-refractivity contribution in [1.29, 1.82) is 0 Å². The van der Waals surface area contributed by atoms with E-state index in [0.29, 0.717) is 18.7 Å². The Morgan fingerprint density at radius 1 is 1.56 bits per heavy atom. The number of carbonyl (C=O) groups excluding carboxylic acids is 1. The Morgan fingerprint density at radius 3 is 2.81 bits per heavy atom. The second-order valence-corrected chi connectivity index (χ2v) is 5.04. The van der Waals surface area contributed by atoms with Crippen molar-refractivity contribution in [2.45, 2.75) is 31.7 Å². The van der Waals surface area contributed by atoms with Crippen LogP contribution in [0.4, 0.5) is 0 Å². The van der Waals surface area contributed by atoms with Crippen LogP contribution in [-0.4, -0.2) is 52.1 Å². The van der Waals surface area contributed by atoms with Crippen molar-refractivity contribution in [2.75, 3.05) is 18.8 Å². The van der Waals surface area contributed by atoms with E-state index < -0.39 is 12.0 Å². The normalized spacial score (nSPS) is 24.8. The first-order valence-electron chi connectivity index (χ1n) is 5.44. The molecule has 1 aliphatic heterocycles. The van der Waals surface area contributed by atoms with Gasteiger partial charge in [-0.15, -0.1) is 11.8 Å². The first-order valence-corrected chi connectivity index (χ1v) is 6.49. The number of nitrogens with zero attached hydrogens (tertiary/aromatic N) is 1. The molecular weight excluding hydrogens is 228 g/mol. The minimum Gasteiger partial charge on any atom is -0.480 e.